The van der Waals surface area contributed by atoms with Crippen LogP contribution in [-0.2, 0) is 6.54 Å². The molecule has 0 bridgehead atoms. The van der Waals surface area contributed by atoms with Gasteiger partial charge in [0, 0.05) is 34.0 Å². The number of nitrogens with one attached hydrogen (secondary N) is 2. The molecule has 0 aliphatic heterocycles. The smallest absolute Gasteiger partial charge is 0.0454 e. The number of hydrogen-bond donors (Lipinski definition) is 2. The first-order valence-corrected chi connectivity index (χ1v) is 6.72. The Balaban J connectivity index is 0.00000147. The summed E-state index contributed by atoms with van der Waals surface area (Å²) in [5, 5.41) is 5.80. The van der Waals surface area contributed by atoms with Gasteiger partial charge in [-0.05, 0) is 47.3 Å². The number of aromatic amines is 1. The van der Waals surface area contributed by atoms with E-state index in [1.807, 2.05) is 18.3 Å². The van der Waals surface area contributed by atoms with Crippen LogP contribution in [-0.4, -0.2) is 4.98 Å². The SMILES string of the molecule is Cl.Clc1cc(Cl)cc(NCc2ccc3[nH]ccc3c2)c1. The molecular weight excluding hydrogens is 315 g/mol. The van der Waals surface area contributed by atoms with Crippen LogP contribution in [0.5, 0.6) is 0 Å². The number of rotatable bonds is 3. The maximum absolute atomic E-state index is 5.97. The zero-order valence-corrected chi connectivity index (χ0v) is 12.8. The lowest BCUT2D eigenvalue weighted by molar-refractivity contribution is 1.15. The average Bonchev–Trinajstić information content (AvgIpc) is 2.82. The van der Waals surface area contributed by atoms with Crippen LogP contribution in [0.4, 0.5) is 5.69 Å². The van der Waals surface area contributed by atoms with Crippen LogP contribution < -0.4 is 5.32 Å². The summed E-state index contributed by atoms with van der Waals surface area (Å²) in [5.74, 6) is 0. The van der Waals surface area contributed by atoms with Gasteiger partial charge in [-0.3, -0.25) is 0 Å². The van der Waals surface area contributed by atoms with Crippen LogP contribution in [0.1, 0.15) is 5.56 Å². The molecule has 0 aliphatic carbocycles. The van der Waals surface area contributed by atoms with Gasteiger partial charge in [0.25, 0.3) is 0 Å². The summed E-state index contributed by atoms with van der Waals surface area (Å²) in [6.07, 6.45) is 1.94. The highest BCUT2D eigenvalue weighted by Crippen LogP contribution is 2.23. The second-order valence-corrected chi connectivity index (χ2v) is 5.28. The summed E-state index contributed by atoms with van der Waals surface area (Å²) in [6, 6.07) is 13.8. The number of H-pyrrole nitrogens is 1. The van der Waals surface area contributed by atoms with Crippen molar-refractivity contribution in [2.75, 3.05) is 5.32 Å². The minimum atomic E-state index is 0. The largest absolute Gasteiger partial charge is 0.381 e. The Morgan fingerprint density at radius 1 is 0.950 bits per heavy atom. The molecule has 0 radical (unpaired) electrons. The Labute approximate surface area is 133 Å². The topological polar surface area (TPSA) is 27.8 Å². The van der Waals surface area contributed by atoms with Gasteiger partial charge in [-0.15, -0.1) is 12.4 Å². The lowest BCUT2D eigenvalue weighted by Gasteiger charge is -2.08. The second-order valence-electron chi connectivity index (χ2n) is 4.41. The van der Waals surface area contributed by atoms with Crippen LogP contribution >= 0.6 is 35.6 Å². The third-order valence-corrected chi connectivity index (χ3v) is 3.41. The fraction of sp³-hybridized carbons (Fsp3) is 0.0667. The second kappa shape index (κ2) is 6.40. The Bertz CT molecular complexity index is 702. The molecule has 1 heterocycles. The van der Waals surface area contributed by atoms with Gasteiger partial charge in [-0.1, -0.05) is 29.3 Å². The highest BCUT2D eigenvalue weighted by Gasteiger charge is 2.00. The summed E-state index contributed by atoms with van der Waals surface area (Å²) >= 11 is 11.9. The highest BCUT2D eigenvalue weighted by molar-refractivity contribution is 6.35. The third-order valence-electron chi connectivity index (χ3n) is 2.98. The molecule has 5 heteroatoms. The molecule has 3 rings (SSSR count). The maximum Gasteiger partial charge on any atom is 0.0454 e. The van der Waals surface area contributed by atoms with Crippen LogP contribution in [0.25, 0.3) is 10.9 Å². The lowest BCUT2D eigenvalue weighted by atomic mass is 10.1. The first-order valence-electron chi connectivity index (χ1n) is 5.97. The number of anilines is 1. The van der Waals surface area contributed by atoms with Gasteiger partial charge >= 0.3 is 0 Å². The van der Waals surface area contributed by atoms with Gasteiger partial charge in [0.1, 0.15) is 0 Å². The molecule has 0 spiro atoms. The molecule has 2 aromatic carbocycles. The Hall–Kier alpha value is -1.35. The van der Waals surface area contributed by atoms with E-state index in [1.54, 1.807) is 6.07 Å². The van der Waals surface area contributed by atoms with E-state index >= 15 is 0 Å². The Morgan fingerprint density at radius 3 is 2.45 bits per heavy atom. The summed E-state index contributed by atoms with van der Waals surface area (Å²) in [4.78, 5) is 3.18. The fourth-order valence-corrected chi connectivity index (χ4v) is 2.60. The molecular formula is C15H13Cl3N2. The van der Waals surface area contributed by atoms with Crippen molar-refractivity contribution in [2.45, 2.75) is 6.54 Å². The molecule has 0 amide bonds. The predicted octanol–water partition coefficient (Wildman–Crippen LogP) is 5.51. The normalized spacial score (nSPS) is 10.3. The van der Waals surface area contributed by atoms with E-state index in [-0.39, 0.29) is 12.4 Å². The number of aromatic nitrogens is 1. The summed E-state index contributed by atoms with van der Waals surface area (Å²) in [6.45, 7) is 0.734. The van der Waals surface area contributed by atoms with Gasteiger partial charge in [0.05, 0.1) is 0 Å². The van der Waals surface area contributed by atoms with E-state index in [1.165, 1.54) is 10.9 Å². The summed E-state index contributed by atoms with van der Waals surface area (Å²) in [7, 11) is 0. The molecule has 0 unspecified atom stereocenters. The summed E-state index contributed by atoms with van der Waals surface area (Å²) < 4.78 is 0. The first-order chi connectivity index (χ1) is 9.20. The molecule has 1 aromatic heterocycles. The predicted molar refractivity (Wildman–Crippen MR) is 89.3 cm³/mol. The first kappa shape index (κ1) is 15.0. The number of fused-ring (bicyclic) bond motifs is 1. The Kier molecular flexibility index (Phi) is 4.81. The zero-order valence-electron chi connectivity index (χ0n) is 10.5. The van der Waals surface area contributed by atoms with E-state index in [0.717, 1.165) is 17.7 Å². The van der Waals surface area contributed by atoms with Crippen molar-refractivity contribution in [2.24, 2.45) is 0 Å². The Morgan fingerprint density at radius 2 is 1.70 bits per heavy atom. The molecule has 0 fully saturated rings. The molecule has 0 atom stereocenters. The third kappa shape index (κ3) is 3.40. The van der Waals surface area contributed by atoms with Gasteiger partial charge in [0.15, 0.2) is 0 Å². The van der Waals surface area contributed by atoms with Crippen LogP contribution in [0, 0.1) is 0 Å². The monoisotopic (exact) mass is 326 g/mol. The fourth-order valence-electron chi connectivity index (χ4n) is 2.07. The molecule has 104 valence electrons. The van der Waals surface area contributed by atoms with Crippen molar-refractivity contribution in [1.82, 2.24) is 4.98 Å². The number of hydrogen-bond acceptors (Lipinski definition) is 1. The van der Waals surface area contributed by atoms with Gasteiger partial charge in [0.2, 0.25) is 0 Å². The standard InChI is InChI=1S/C15H12Cl2N2.ClH/c16-12-6-13(17)8-14(7-12)19-9-10-1-2-15-11(5-10)3-4-18-15;/h1-8,18-19H,9H2;1H. The quantitative estimate of drug-likeness (QED) is 0.652. The minimum Gasteiger partial charge on any atom is -0.381 e. The molecule has 2 N–H and O–H groups in total. The minimum absolute atomic E-state index is 0. The maximum atomic E-state index is 5.97. The molecule has 0 saturated carbocycles. The van der Waals surface area contributed by atoms with Gasteiger partial charge in [-0.2, -0.15) is 0 Å². The van der Waals surface area contributed by atoms with Crippen LogP contribution in [0.15, 0.2) is 48.7 Å². The van der Waals surface area contributed by atoms with Crippen molar-refractivity contribution in [1.29, 1.82) is 0 Å². The molecule has 20 heavy (non-hydrogen) atoms. The van der Waals surface area contributed by atoms with Crippen molar-refractivity contribution < 1.29 is 0 Å². The zero-order chi connectivity index (χ0) is 13.2. The van der Waals surface area contributed by atoms with Crippen molar-refractivity contribution >= 4 is 52.2 Å². The molecule has 0 aliphatic rings. The number of halogens is 3. The molecule has 2 nitrogen and oxygen atoms in total. The van der Waals surface area contributed by atoms with Crippen molar-refractivity contribution in [3.05, 3.63) is 64.3 Å². The highest BCUT2D eigenvalue weighted by atomic mass is 35.5. The summed E-state index contributed by atoms with van der Waals surface area (Å²) in [5.41, 5.74) is 3.28. The molecule has 3 aromatic rings. The number of benzene rings is 2. The average molecular weight is 328 g/mol. The van der Waals surface area contributed by atoms with E-state index in [2.05, 4.69) is 34.6 Å². The lowest BCUT2D eigenvalue weighted by Crippen LogP contribution is -1.99. The van der Waals surface area contributed by atoms with E-state index < -0.39 is 0 Å². The van der Waals surface area contributed by atoms with E-state index in [4.69, 9.17) is 23.2 Å². The van der Waals surface area contributed by atoms with Crippen molar-refractivity contribution in [3.8, 4) is 0 Å². The van der Waals surface area contributed by atoms with Crippen LogP contribution in [0.2, 0.25) is 10.0 Å². The van der Waals surface area contributed by atoms with Crippen LogP contribution in [0.3, 0.4) is 0 Å². The molecule has 0 saturated heterocycles. The van der Waals surface area contributed by atoms with Gasteiger partial charge in [-0.25, -0.2) is 0 Å². The van der Waals surface area contributed by atoms with E-state index in [0.29, 0.717) is 10.0 Å². The van der Waals surface area contributed by atoms with Gasteiger partial charge < -0.3 is 10.3 Å². The van der Waals surface area contributed by atoms with Crippen molar-refractivity contribution in [3.63, 3.8) is 0 Å². The van der Waals surface area contributed by atoms with E-state index in [9.17, 15) is 0 Å².